The Labute approximate surface area is 132 Å². The summed E-state index contributed by atoms with van der Waals surface area (Å²) < 4.78 is 11.1. The topological polar surface area (TPSA) is 34.4 Å². The average Bonchev–Trinajstić information content (AvgIpc) is 2.91. The lowest BCUT2D eigenvalue weighted by Crippen LogP contribution is -1.98. The maximum Gasteiger partial charge on any atom is 0.176 e. The largest absolute Gasteiger partial charge is 0.493 e. The third kappa shape index (κ3) is 2.94. The molecule has 0 fully saturated rings. The molecule has 3 aromatic rings. The zero-order valence-corrected chi connectivity index (χ0v) is 12.8. The number of anilines is 1. The van der Waals surface area contributed by atoms with Crippen molar-refractivity contribution in [1.82, 2.24) is 0 Å². The summed E-state index contributed by atoms with van der Waals surface area (Å²) >= 11 is 12.1. The van der Waals surface area contributed by atoms with E-state index in [1.54, 1.807) is 25.3 Å². The molecule has 0 saturated carbocycles. The first-order valence-electron chi connectivity index (χ1n) is 6.42. The van der Waals surface area contributed by atoms with Gasteiger partial charge in [0.1, 0.15) is 5.76 Å². The molecule has 5 heteroatoms. The molecule has 0 aliphatic rings. The molecule has 21 heavy (non-hydrogen) atoms. The van der Waals surface area contributed by atoms with Gasteiger partial charge in [-0.3, -0.25) is 0 Å². The predicted octanol–water partition coefficient (Wildman–Crippen LogP) is 5.36. The molecule has 1 heterocycles. The Morgan fingerprint density at radius 1 is 1.14 bits per heavy atom. The van der Waals surface area contributed by atoms with E-state index in [9.17, 15) is 0 Å². The van der Waals surface area contributed by atoms with Crippen LogP contribution in [0.4, 0.5) is 5.69 Å². The van der Waals surface area contributed by atoms with Gasteiger partial charge in [0.2, 0.25) is 0 Å². The number of ether oxygens (including phenoxy) is 1. The van der Waals surface area contributed by atoms with Crippen LogP contribution in [0.3, 0.4) is 0 Å². The van der Waals surface area contributed by atoms with Crippen LogP contribution in [-0.2, 0) is 6.54 Å². The molecule has 0 atom stereocenters. The van der Waals surface area contributed by atoms with E-state index in [-0.39, 0.29) is 0 Å². The van der Waals surface area contributed by atoms with Crippen LogP contribution in [0.15, 0.2) is 46.9 Å². The fourth-order valence-corrected chi connectivity index (χ4v) is 2.51. The molecular formula is C16H13Cl2NO2. The third-order valence-electron chi connectivity index (χ3n) is 3.16. The number of benzene rings is 2. The number of fused-ring (bicyclic) bond motifs is 1. The number of furan rings is 1. The Balaban J connectivity index is 1.84. The van der Waals surface area contributed by atoms with Gasteiger partial charge >= 0.3 is 0 Å². The number of nitrogens with one attached hydrogen (secondary N) is 1. The fourth-order valence-electron chi connectivity index (χ4n) is 2.15. The zero-order chi connectivity index (χ0) is 14.8. The van der Waals surface area contributed by atoms with E-state index in [1.165, 1.54) is 0 Å². The van der Waals surface area contributed by atoms with E-state index >= 15 is 0 Å². The summed E-state index contributed by atoms with van der Waals surface area (Å²) in [6.07, 6.45) is 0. The highest BCUT2D eigenvalue weighted by atomic mass is 35.5. The average molecular weight is 322 g/mol. The Morgan fingerprint density at radius 2 is 2.00 bits per heavy atom. The molecule has 0 saturated heterocycles. The lowest BCUT2D eigenvalue weighted by atomic mass is 10.2. The maximum atomic E-state index is 6.12. The van der Waals surface area contributed by atoms with Crippen molar-refractivity contribution in [3.8, 4) is 5.75 Å². The molecule has 0 amide bonds. The highest BCUT2D eigenvalue weighted by Gasteiger charge is 2.09. The van der Waals surface area contributed by atoms with Gasteiger partial charge in [-0.05, 0) is 30.3 Å². The van der Waals surface area contributed by atoms with E-state index < -0.39 is 0 Å². The lowest BCUT2D eigenvalue weighted by Gasteiger charge is -2.07. The fraction of sp³-hybridized carbons (Fsp3) is 0.125. The number of rotatable bonds is 4. The molecule has 2 aromatic carbocycles. The van der Waals surface area contributed by atoms with Gasteiger partial charge in [0.25, 0.3) is 0 Å². The number of hydrogen-bond acceptors (Lipinski definition) is 3. The first kappa shape index (κ1) is 14.1. The van der Waals surface area contributed by atoms with E-state index in [2.05, 4.69) is 5.32 Å². The number of methoxy groups -OCH3 is 1. The van der Waals surface area contributed by atoms with Gasteiger partial charge in [-0.25, -0.2) is 0 Å². The first-order chi connectivity index (χ1) is 10.2. The maximum absolute atomic E-state index is 6.12. The molecule has 108 valence electrons. The molecule has 0 unspecified atom stereocenters. The van der Waals surface area contributed by atoms with Crippen molar-refractivity contribution >= 4 is 39.9 Å². The van der Waals surface area contributed by atoms with Gasteiger partial charge in [0.15, 0.2) is 11.3 Å². The lowest BCUT2D eigenvalue weighted by molar-refractivity contribution is 0.408. The molecule has 0 aliphatic carbocycles. The quantitative estimate of drug-likeness (QED) is 0.702. The summed E-state index contributed by atoms with van der Waals surface area (Å²) in [7, 11) is 1.63. The minimum absolute atomic E-state index is 0.512. The molecule has 0 bridgehead atoms. The summed E-state index contributed by atoms with van der Waals surface area (Å²) in [4.78, 5) is 0. The normalized spacial score (nSPS) is 10.8. The Morgan fingerprint density at radius 3 is 2.81 bits per heavy atom. The Hall–Kier alpha value is -1.84. The van der Waals surface area contributed by atoms with Crippen LogP contribution in [0.2, 0.25) is 10.0 Å². The van der Waals surface area contributed by atoms with Crippen LogP contribution >= 0.6 is 23.2 Å². The summed E-state index contributed by atoms with van der Waals surface area (Å²) in [5.41, 5.74) is 1.52. The van der Waals surface area contributed by atoms with Crippen LogP contribution < -0.4 is 10.1 Å². The standard InChI is InChI=1S/C16H13Cl2NO2/c1-20-15-4-2-3-10-7-12(21-16(10)15)9-19-14-8-11(17)5-6-13(14)18/h2-8,19H,9H2,1H3. The van der Waals surface area contributed by atoms with Crippen molar-refractivity contribution < 1.29 is 9.15 Å². The van der Waals surface area contributed by atoms with Crippen molar-refractivity contribution in [2.45, 2.75) is 6.54 Å². The Kier molecular flexibility index (Phi) is 3.95. The molecule has 1 aromatic heterocycles. The molecule has 0 spiro atoms. The molecule has 3 nitrogen and oxygen atoms in total. The minimum atomic E-state index is 0.512. The third-order valence-corrected chi connectivity index (χ3v) is 3.73. The number of halogens is 2. The molecule has 3 rings (SSSR count). The first-order valence-corrected chi connectivity index (χ1v) is 7.17. The van der Waals surface area contributed by atoms with Gasteiger partial charge in [-0.15, -0.1) is 0 Å². The van der Waals surface area contributed by atoms with E-state index in [0.29, 0.717) is 16.6 Å². The van der Waals surface area contributed by atoms with Gasteiger partial charge in [0, 0.05) is 10.4 Å². The highest BCUT2D eigenvalue weighted by molar-refractivity contribution is 6.35. The van der Waals surface area contributed by atoms with Crippen molar-refractivity contribution in [3.63, 3.8) is 0 Å². The highest BCUT2D eigenvalue weighted by Crippen LogP contribution is 2.30. The van der Waals surface area contributed by atoms with Crippen molar-refractivity contribution in [3.05, 3.63) is 58.3 Å². The van der Waals surface area contributed by atoms with Crippen LogP contribution in [0.5, 0.6) is 5.75 Å². The van der Waals surface area contributed by atoms with E-state index in [1.807, 2.05) is 24.3 Å². The predicted molar refractivity (Wildman–Crippen MR) is 86.6 cm³/mol. The second-order valence-corrected chi connectivity index (χ2v) is 5.41. The van der Waals surface area contributed by atoms with Crippen LogP contribution in [0.25, 0.3) is 11.0 Å². The van der Waals surface area contributed by atoms with Crippen molar-refractivity contribution in [2.75, 3.05) is 12.4 Å². The summed E-state index contributed by atoms with van der Waals surface area (Å²) in [5, 5.41) is 5.47. The second-order valence-electron chi connectivity index (χ2n) is 4.57. The summed E-state index contributed by atoms with van der Waals surface area (Å²) in [6.45, 7) is 0.512. The number of para-hydroxylation sites is 1. The van der Waals surface area contributed by atoms with Crippen LogP contribution in [0.1, 0.15) is 5.76 Å². The van der Waals surface area contributed by atoms with Gasteiger partial charge in [-0.1, -0.05) is 35.3 Å². The Bertz CT molecular complexity index is 783. The van der Waals surface area contributed by atoms with Gasteiger partial charge < -0.3 is 14.5 Å². The molecular weight excluding hydrogens is 309 g/mol. The zero-order valence-electron chi connectivity index (χ0n) is 11.3. The monoisotopic (exact) mass is 321 g/mol. The van der Waals surface area contributed by atoms with Crippen LogP contribution in [0, 0.1) is 0 Å². The second kappa shape index (κ2) is 5.88. The smallest absolute Gasteiger partial charge is 0.176 e. The molecule has 1 N–H and O–H groups in total. The van der Waals surface area contributed by atoms with Crippen molar-refractivity contribution in [1.29, 1.82) is 0 Å². The van der Waals surface area contributed by atoms with E-state index in [0.717, 1.165) is 28.2 Å². The SMILES string of the molecule is COc1cccc2cc(CNc3cc(Cl)ccc3Cl)oc12. The van der Waals surface area contributed by atoms with Gasteiger partial charge in [0.05, 0.1) is 24.4 Å². The van der Waals surface area contributed by atoms with E-state index in [4.69, 9.17) is 32.4 Å². The summed E-state index contributed by atoms with van der Waals surface area (Å²) in [6, 6.07) is 13.1. The van der Waals surface area contributed by atoms with Crippen molar-refractivity contribution in [2.24, 2.45) is 0 Å². The molecule has 0 radical (unpaired) electrons. The van der Waals surface area contributed by atoms with Crippen LogP contribution in [-0.4, -0.2) is 7.11 Å². The molecule has 0 aliphatic heterocycles. The van der Waals surface area contributed by atoms with Gasteiger partial charge in [-0.2, -0.15) is 0 Å². The minimum Gasteiger partial charge on any atom is -0.493 e. The summed E-state index contributed by atoms with van der Waals surface area (Å²) in [5.74, 6) is 1.52. The number of hydrogen-bond donors (Lipinski definition) is 1.